The van der Waals surface area contributed by atoms with Gasteiger partial charge in [-0.1, -0.05) is 44.2 Å². The summed E-state index contributed by atoms with van der Waals surface area (Å²) in [6.07, 6.45) is 5.57. The Labute approximate surface area is 231 Å². The highest BCUT2D eigenvalue weighted by Gasteiger charge is 2.39. The number of allylic oxidation sites excluding steroid dienone is 2. The van der Waals surface area contributed by atoms with E-state index in [-0.39, 0.29) is 34.8 Å². The largest absolute Gasteiger partial charge is 0.480 e. The number of carbonyl (C=O) groups excluding carboxylic acids is 3. The summed E-state index contributed by atoms with van der Waals surface area (Å²) < 4.78 is 11.4. The van der Waals surface area contributed by atoms with Gasteiger partial charge in [0.05, 0.1) is 0 Å². The molecule has 198 valence electrons. The molecule has 0 fully saturated rings. The van der Waals surface area contributed by atoms with Crippen molar-refractivity contribution in [1.29, 1.82) is 15.8 Å². The summed E-state index contributed by atoms with van der Waals surface area (Å²) in [5.74, 6) is -1.63. The summed E-state index contributed by atoms with van der Waals surface area (Å²) in [5.41, 5.74) is -0.100. The number of imide groups is 1. The SMILES string of the molecule is C=CC(=O)Oc1c(/C=C/C2=C(C#N)C(=C(C#N)C#N)OC2(C)C)cc2c3c(cccc13)C(=O)N(CCCC)C2=O. The molecular formula is C31H24N4O5. The van der Waals surface area contributed by atoms with E-state index >= 15 is 0 Å². The van der Waals surface area contributed by atoms with Gasteiger partial charge in [0, 0.05) is 45.7 Å². The number of amides is 2. The van der Waals surface area contributed by atoms with Crippen LogP contribution in [0.25, 0.3) is 16.8 Å². The highest BCUT2D eigenvalue weighted by Crippen LogP contribution is 2.42. The highest BCUT2D eigenvalue weighted by atomic mass is 16.5. The molecule has 0 unspecified atom stereocenters. The Balaban J connectivity index is 1.99. The molecule has 0 bridgehead atoms. The standard InChI is InChI=1S/C31H24N4O5/c1-5-7-13-35-29(37)21-10-8-9-20-26(21)22(30(35)38)14-18(27(20)39-25(36)6-2)11-12-24-23(17-34)28(19(15-32)16-33)40-31(24,3)4/h6,8-12,14H,2,5,7,13H2,1,3-4H3/b12-11+. The molecule has 4 rings (SSSR count). The molecule has 2 heterocycles. The second kappa shape index (κ2) is 10.7. The van der Waals surface area contributed by atoms with E-state index in [0.29, 0.717) is 33.9 Å². The van der Waals surface area contributed by atoms with Crippen molar-refractivity contribution >= 4 is 34.6 Å². The van der Waals surface area contributed by atoms with Gasteiger partial charge >= 0.3 is 5.97 Å². The third-order valence-electron chi connectivity index (χ3n) is 6.69. The van der Waals surface area contributed by atoms with Crippen LogP contribution >= 0.6 is 0 Å². The van der Waals surface area contributed by atoms with Crippen LogP contribution in [0.3, 0.4) is 0 Å². The molecule has 0 saturated carbocycles. The Morgan fingerprint density at radius 1 is 1.12 bits per heavy atom. The smallest absolute Gasteiger partial charge is 0.335 e. The average molecular weight is 533 g/mol. The van der Waals surface area contributed by atoms with Gasteiger partial charge in [-0.2, -0.15) is 15.8 Å². The summed E-state index contributed by atoms with van der Waals surface area (Å²) >= 11 is 0. The summed E-state index contributed by atoms with van der Waals surface area (Å²) in [6, 6.07) is 12.0. The first-order chi connectivity index (χ1) is 19.1. The Bertz CT molecular complexity index is 1700. The van der Waals surface area contributed by atoms with Crippen LogP contribution in [0.2, 0.25) is 0 Å². The Morgan fingerprint density at radius 3 is 2.45 bits per heavy atom. The van der Waals surface area contributed by atoms with E-state index < -0.39 is 23.4 Å². The van der Waals surface area contributed by atoms with Crippen LogP contribution < -0.4 is 4.74 Å². The van der Waals surface area contributed by atoms with E-state index in [1.54, 1.807) is 62.4 Å². The number of benzene rings is 2. The van der Waals surface area contributed by atoms with Gasteiger partial charge in [-0.15, -0.1) is 0 Å². The number of hydrogen-bond donors (Lipinski definition) is 0. The molecule has 9 nitrogen and oxygen atoms in total. The van der Waals surface area contributed by atoms with Crippen LogP contribution in [0.4, 0.5) is 0 Å². The van der Waals surface area contributed by atoms with Gasteiger partial charge in [-0.25, -0.2) is 4.79 Å². The maximum atomic E-state index is 13.5. The first kappa shape index (κ1) is 27.6. The van der Waals surface area contributed by atoms with Crippen LogP contribution in [-0.4, -0.2) is 34.8 Å². The van der Waals surface area contributed by atoms with Crippen molar-refractivity contribution in [3.05, 3.63) is 82.2 Å². The quantitative estimate of drug-likeness (QED) is 0.154. The molecule has 2 aromatic rings. The molecule has 40 heavy (non-hydrogen) atoms. The minimum absolute atomic E-state index is 0.0146. The Kier molecular flexibility index (Phi) is 7.39. The second-order valence-electron chi connectivity index (χ2n) is 9.59. The lowest BCUT2D eigenvalue weighted by atomic mass is 9.90. The van der Waals surface area contributed by atoms with Crippen molar-refractivity contribution < 1.29 is 23.9 Å². The van der Waals surface area contributed by atoms with Crippen molar-refractivity contribution in [2.45, 2.75) is 39.2 Å². The average Bonchev–Trinajstić information content (AvgIpc) is 3.20. The van der Waals surface area contributed by atoms with Crippen LogP contribution in [0, 0.1) is 34.0 Å². The highest BCUT2D eigenvalue weighted by molar-refractivity contribution is 6.26. The predicted molar refractivity (Wildman–Crippen MR) is 145 cm³/mol. The second-order valence-corrected chi connectivity index (χ2v) is 9.59. The van der Waals surface area contributed by atoms with Crippen molar-refractivity contribution in [1.82, 2.24) is 4.90 Å². The topological polar surface area (TPSA) is 144 Å². The fourth-order valence-electron chi connectivity index (χ4n) is 4.76. The monoisotopic (exact) mass is 532 g/mol. The number of nitriles is 3. The van der Waals surface area contributed by atoms with Crippen LogP contribution in [-0.2, 0) is 9.53 Å². The van der Waals surface area contributed by atoms with Crippen LogP contribution in [0.1, 0.15) is 59.9 Å². The van der Waals surface area contributed by atoms with Gasteiger partial charge in [0.1, 0.15) is 35.1 Å². The van der Waals surface area contributed by atoms with Gasteiger partial charge in [0.2, 0.25) is 0 Å². The fraction of sp³-hybridized carbons (Fsp3) is 0.226. The van der Waals surface area contributed by atoms with Gasteiger partial charge in [0.15, 0.2) is 11.3 Å². The molecule has 0 radical (unpaired) electrons. The van der Waals surface area contributed by atoms with Crippen molar-refractivity contribution in [2.75, 3.05) is 6.54 Å². The zero-order valence-corrected chi connectivity index (χ0v) is 22.2. The van der Waals surface area contributed by atoms with Crippen molar-refractivity contribution in [2.24, 2.45) is 0 Å². The number of ether oxygens (including phenoxy) is 2. The lowest BCUT2D eigenvalue weighted by molar-refractivity contribution is -0.128. The molecule has 0 aromatic heterocycles. The molecule has 0 atom stereocenters. The zero-order valence-electron chi connectivity index (χ0n) is 22.2. The van der Waals surface area contributed by atoms with Gasteiger partial charge < -0.3 is 9.47 Å². The molecule has 2 aliphatic rings. The first-order valence-corrected chi connectivity index (χ1v) is 12.5. The molecule has 9 heteroatoms. The van der Waals surface area contributed by atoms with Crippen molar-refractivity contribution in [3.63, 3.8) is 0 Å². The normalized spacial score (nSPS) is 15.5. The number of esters is 1. The first-order valence-electron chi connectivity index (χ1n) is 12.5. The molecule has 0 N–H and O–H groups in total. The lowest BCUT2D eigenvalue weighted by Crippen LogP contribution is -2.41. The number of unbranched alkanes of at least 4 members (excludes halogenated alkanes) is 1. The van der Waals surface area contributed by atoms with E-state index in [1.807, 2.05) is 13.0 Å². The summed E-state index contributed by atoms with van der Waals surface area (Å²) in [6.45, 7) is 9.05. The third-order valence-corrected chi connectivity index (χ3v) is 6.69. The number of nitrogens with zero attached hydrogens (tertiary/aromatic N) is 4. The number of hydrogen-bond acceptors (Lipinski definition) is 8. The Morgan fingerprint density at radius 2 is 1.82 bits per heavy atom. The van der Waals surface area contributed by atoms with Gasteiger partial charge in [-0.05, 0) is 32.4 Å². The van der Waals surface area contributed by atoms with E-state index in [0.717, 1.165) is 12.5 Å². The van der Waals surface area contributed by atoms with E-state index in [1.165, 1.54) is 4.90 Å². The lowest BCUT2D eigenvalue weighted by Gasteiger charge is -2.28. The molecule has 2 aliphatic heterocycles. The van der Waals surface area contributed by atoms with E-state index in [4.69, 9.17) is 9.47 Å². The maximum Gasteiger partial charge on any atom is 0.335 e. The van der Waals surface area contributed by atoms with Crippen LogP contribution in [0.15, 0.2) is 65.5 Å². The minimum Gasteiger partial charge on any atom is -0.480 e. The predicted octanol–water partition coefficient (Wildman–Crippen LogP) is 5.27. The molecule has 0 saturated heterocycles. The number of rotatable bonds is 7. The zero-order chi connectivity index (χ0) is 29.2. The number of carbonyl (C=O) groups is 3. The van der Waals surface area contributed by atoms with Gasteiger partial charge in [-0.3, -0.25) is 14.5 Å². The molecule has 0 aliphatic carbocycles. The summed E-state index contributed by atoms with van der Waals surface area (Å²) in [5, 5.41) is 29.3. The fourth-order valence-corrected chi connectivity index (χ4v) is 4.76. The molecule has 2 aromatic carbocycles. The summed E-state index contributed by atoms with van der Waals surface area (Å²) in [4.78, 5) is 40.3. The molecule has 0 spiro atoms. The van der Waals surface area contributed by atoms with Crippen LogP contribution in [0.5, 0.6) is 5.75 Å². The molecular weight excluding hydrogens is 508 g/mol. The third kappa shape index (κ3) is 4.53. The van der Waals surface area contributed by atoms with Crippen molar-refractivity contribution in [3.8, 4) is 24.0 Å². The van der Waals surface area contributed by atoms with E-state index in [9.17, 15) is 30.2 Å². The van der Waals surface area contributed by atoms with E-state index in [2.05, 4.69) is 6.58 Å². The maximum absolute atomic E-state index is 13.5. The minimum atomic E-state index is -1.08. The van der Waals surface area contributed by atoms with Gasteiger partial charge in [0.25, 0.3) is 11.8 Å². The Hall–Kier alpha value is -5.46. The summed E-state index contributed by atoms with van der Waals surface area (Å²) in [7, 11) is 0. The molecule has 2 amide bonds.